The minimum absolute atomic E-state index is 0.151. The Morgan fingerprint density at radius 1 is 1.22 bits per heavy atom. The van der Waals surface area contributed by atoms with Gasteiger partial charge in [-0.15, -0.1) is 0 Å². The van der Waals surface area contributed by atoms with E-state index in [-0.39, 0.29) is 11.0 Å². The van der Waals surface area contributed by atoms with E-state index in [0.29, 0.717) is 29.4 Å². The lowest BCUT2D eigenvalue weighted by atomic mass is 9.91. The maximum atomic E-state index is 13.0. The number of hydrogen-bond acceptors (Lipinski definition) is 5. The average Bonchev–Trinajstić information content (AvgIpc) is 3.24. The summed E-state index contributed by atoms with van der Waals surface area (Å²) < 4.78 is 3.50. The van der Waals surface area contributed by atoms with Gasteiger partial charge in [-0.2, -0.15) is 10.2 Å². The van der Waals surface area contributed by atoms with E-state index in [9.17, 15) is 4.79 Å². The Balaban J connectivity index is 1.55. The number of benzene rings is 1. The van der Waals surface area contributed by atoms with Gasteiger partial charge in [0.15, 0.2) is 5.52 Å². The monoisotopic (exact) mass is 431 g/mol. The molecule has 3 heterocycles. The third-order valence-electron chi connectivity index (χ3n) is 5.92. The summed E-state index contributed by atoms with van der Waals surface area (Å²) in [6, 6.07) is 10.2. The second-order valence-corrected chi connectivity index (χ2v) is 9.75. The maximum Gasteiger partial charge on any atom is 0.278 e. The highest BCUT2D eigenvalue weighted by atomic mass is 16.1. The Hall–Kier alpha value is -3.42. The largest absolute Gasteiger partial charge is 0.338 e. The summed E-state index contributed by atoms with van der Waals surface area (Å²) in [5, 5.41) is 8.96. The van der Waals surface area contributed by atoms with Gasteiger partial charge in [-0.1, -0.05) is 32.9 Å². The number of rotatable bonds is 6. The second-order valence-electron chi connectivity index (χ2n) is 9.75. The van der Waals surface area contributed by atoms with Crippen molar-refractivity contribution < 1.29 is 0 Å². The van der Waals surface area contributed by atoms with Crippen LogP contribution >= 0.6 is 0 Å². The summed E-state index contributed by atoms with van der Waals surface area (Å²) >= 11 is 0. The highest BCUT2D eigenvalue weighted by Crippen LogP contribution is 2.32. The Labute approximate surface area is 186 Å². The van der Waals surface area contributed by atoms with Crippen molar-refractivity contribution in [2.75, 3.05) is 11.4 Å². The smallest absolute Gasteiger partial charge is 0.278 e. The first-order valence-corrected chi connectivity index (χ1v) is 11.1. The fraction of sp³-hybridized carbons (Fsp3) is 0.417. The lowest BCUT2D eigenvalue weighted by molar-refractivity contribution is 0.557. The molecule has 8 heteroatoms. The fourth-order valence-electron chi connectivity index (χ4n) is 4.10. The van der Waals surface area contributed by atoms with Crippen molar-refractivity contribution in [3.63, 3.8) is 0 Å². The first-order chi connectivity index (χ1) is 15.3. The third-order valence-corrected chi connectivity index (χ3v) is 5.92. The number of nitrogens with zero attached hydrogens (tertiary/aromatic N) is 6. The minimum atomic E-state index is -0.211. The van der Waals surface area contributed by atoms with E-state index in [1.807, 2.05) is 29.1 Å². The molecule has 5 rings (SSSR count). The number of aromatic nitrogens is 6. The number of nitrogens with one attached hydrogen (secondary N) is 1. The van der Waals surface area contributed by atoms with Crippen LogP contribution < -0.4 is 10.5 Å². The first kappa shape index (κ1) is 20.5. The molecule has 0 saturated heterocycles. The molecule has 32 heavy (non-hydrogen) atoms. The highest BCUT2D eigenvalue weighted by molar-refractivity contribution is 5.78. The van der Waals surface area contributed by atoms with Gasteiger partial charge in [0.05, 0.1) is 11.4 Å². The molecule has 0 bridgehead atoms. The summed E-state index contributed by atoms with van der Waals surface area (Å²) in [5.74, 6) is 1.25. The predicted molar refractivity (Wildman–Crippen MR) is 125 cm³/mol. The molecule has 166 valence electrons. The van der Waals surface area contributed by atoms with E-state index < -0.39 is 0 Å². The molecule has 0 radical (unpaired) electrons. The molecule has 8 nitrogen and oxygen atoms in total. The van der Waals surface area contributed by atoms with Crippen LogP contribution in [0.25, 0.3) is 16.7 Å². The number of hydrogen-bond donors (Lipinski definition) is 1. The third kappa shape index (κ3) is 3.92. The van der Waals surface area contributed by atoms with Crippen LogP contribution in [0, 0.1) is 5.92 Å². The number of aryl methyl sites for hydroxylation is 1. The van der Waals surface area contributed by atoms with Crippen LogP contribution in [-0.4, -0.2) is 36.1 Å². The van der Waals surface area contributed by atoms with Crippen molar-refractivity contribution in [3.05, 3.63) is 64.3 Å². The average molecular weight is 432 g/mol. The van der Waals surface area contributed by atoms with Gasteiger partial charge in [0.1, 0.15) is 5.52 Å². The molecule has 0 spiro atoms. The first-order valence-electron chi connectivity index (χ1n) is 11.1. The standard InChI is InChI=1S/C24H29N7O/c1-24(2,3)21-19-20(29(4)28-21)22(32)27-23(26-19)30(14-16-9-10-16)15-17-7-5-8-18(13-17)31-12-6-11-25-31/h5-8,11-13,16H,9-10,14-15H2,1-4H3,(H,26,27,32). The Morgan fingerprint density at radius 3 is 2.72 bits per heavy atom. The Kier molecular flexibility index (Phi) is 4.87. The minimum Gasteiger partial charge on any atom is -0.338 e. The van der Waals surface area contributed by atoms with E-state index >= 15 is 0 Å². The van der Waals surface area contributed by atoms with Crippen molar-refractivity contribution in [1.29, 1.82) is 0 Å². The molecule has 3 aromatic heterocycles. The normalized spacial score (nSPS) is 14.2. The molecule has 1 saturated carbocycles. The van der Waals surface area contributed by atoms with Gasteiger partial charge >= 0.3 is 0 Å². The van der Waals surface area contributed by atoms with Crippen LogP contribution in [0.15, 0.2) is 47.5 Å². The maximum absolute atomic E-state index is 13.0. The topological polar surface area (TPSA) is 84.6 Å². The van der Waals surface area contributed by atoms with Gasteiger partial charge in [0.25, 0.3) is 5.56 Å². The van der Waals surface area contributed by atoms with E-state index in [1.54, 1.807) is 17.9 Å². The van der Waals surface area contributed by atoms with Crippen molar-refractivity contribution >= 4 is 17.0 Å². The van der Waals surface area contributed by atoms with E-state index in [1.165, 1.54) is 12.8 Å². The van der Waals surface area contributed by atoms with Crippen LogP contribution in [0.5, 0.6) is 0 Å². The van der Waals surface area contributed by atoms with Crippen LogP contribution in [0.1, 0.15) is 44.9 Å². The van der Waals surface area contributed by atoms with Gasteiger partial charge < -0.3 is 4.90 Å². The van der Waals surface area contributed by atoms with Gasteiger partial charge in [-0.05, 0) is 42.5 Å². The van der Waals surface area contributed by atoms with Crippen LogP contribution in [-0.2, 0) is 19.0 Å². The summed E-state index contributed by atoms with van der Waals surface area (Å²) in [7, 11) is 1.80. The summed E-state index contributed by atoms with van der Waals surface area (Å²) in [4.78, 5) is 23.2. The number of fused-ring (bicyclic) bond motifs is 1. The van der Waals surface area contributed by atoms with Crippen LogP contribution in [0.2, 0.25) is 0 Å². The molecule has 1 aliphatic carbocycles. The van der Waals surface area contributed by atoms with Crippen molar-refractivity contribution in [3.8, 4) is 5.69 Å². The van der Waals surface area contributed by atoms with Gasteiger partial charge in [0.2, 0.25) is 5.95 Å². The molecule has 0 unspecified atom stereocenters. The molecular formula is C24H29N7O. The zero-order valence-electron chi connectivity index (χ0n) is 19.0. The zero-order valence-corrected chi connectivity index (χ0v) is 19.0. The molecule has 4 aromatic rings. The van der Waals surface area contributed by atoms with Gasteiger partial charge in [-0.3, -0.25) is 14.5 Å². The summed E-state index contributed by atoms with van der Waals surface area (Å²) in [6.07, 6.45) is 6.15. The Bertz CT molecular complexity index is 1310. The fourth-order valence-corrected chi connectivity index (χ4v) is 4.10. The molecule has 1 aromatic carbocycles. The predicted octanol–water partition coefficient (Wildman–Crippen LogP) is 3.56. The molecule has 1 aliphatic rings. The van der Waals surface area contributed by atoms with Gasteiger partial charge in [0, 0.05) is 37.9 Å². The molecule has 0 aliphatic heterocycles. The van der Waals surface area contributed by atoms with Crippen molar-refractivity contribution in [1.82, 2.24) is 29.5 Å². The molecule has 0 atom stereocenters. The number of anilines is 1. The molecule has 1 N–H and O–H groups in total. The molecular weight excluding hydrogens is 402 g/mol. The quantitative estimate of drug-likeness (QED) is 0.505. The lowest BCUT2D eigenvalue weighted by Crippen LogP contribution is -2.29. The lowest BCUT2D eigenvalue weighted by Gasteiger charge is -2.24. The number of H-pyrrole nitrogens is 1. The Morgan fingerprint density at radius 2 is 2.03 bits per heavy atom. The molecule has 1 fully saturated rings. The van der Waals surface area contributed by atoms with E-state index in [0.717, 1.165) is 23.5 Å². The SMILES string of the molecule is Cn1nc(C(C)(C)C)c2nc(N(Cc3cccc(-n4cccn4)c3)CC3CC3)[nH]c(=O)c21. The van der Waals surface area contributed by atoms with Crippen LogP contribution in [0.3, 0.4) is 0 Å². The van der Waals surface area contributed by atoms with Crippen molar-refractivity contribution in [2.45, 2.75) is 45.6 Å². The zero-order chi connectivity index (χ0) is 22.5. The summed E-state index contributed by atoms with van der Waals surface area (Å²) in [5.41, 5.74) is 3.84. The number of aromatic amines is 1. The van der Waals surface area contributed by atoms with Gasteiger partial charge in [-0.25, -0.2) is 9.67 Å². The summed E-state index contributed by atoms with van der Waals surface area (Å²) in [6.45, 7) is 7.82. The van der Waals surface area contributed by atoms with E-state index in [4.69, 9.17) is 4.98 Å². The van der Waals surface area contributed by atoms with Crippen molar-refractivity contribution in [2.24, 2.45) is 13.0 Å². The van der Waals surface area contributed by atoms with E-state index in [2.05, 4.69) is 53.0 Å². The second kappa shape index (κ2) is 7.62. The molecule has 0 amide bonds. The highest BCUT2D eigenvalue weighted by Gasteiger charge is 2.28. The van der Waals surface area contributed by atoms with Crippen LogP contribution in [0.4, 0.5) is 5.95 Å².